The van der Waals surface area contributed by atoms with Gasteiger partial charge in [-0.25, -0.2) is 4.98 Å². The molecule has 0 fully saturated rings. The first-order valence-electron chi connectivity index (χ1n) is 7.15. The highest BCUT2D eigenvalue weighted by Crippen LogP contribution is 2.30. The predicted molar refractivity (Wildman–Crippen MR) is 84.9 cm³/mol. The lowest BCUT2D eigenvalue weighted by Crippen LogP contribution is -2.12. The molecular formula is C17H22N2O2. The number of nitrogens with one attached hydrogen (secondary N) is 1. The third kappa shape index (κ3) is 3.88. The molecule has 0 saturated heterocycles. The maximum Gasteiger partial charge on any atom is 0.237 e. The molecular weight excluding hydrogens is 264 g/mol. The number of phenols is 1. The van der Waals surface area contributed by atoms with Crippen molar-refractivity contribution in [2.75, 3.05) is 5.32 Å². The summed E-state index contributed by atoms with van der Waals surface area (Å²) >= 11 is 0. The van der Waals surface area contributed by atoms with Crippen LogP contribution in [0.3, 0.4) is 0 Å². The molecule has 1 unspecified atom stereocenters. The summed E-state index contributed by atoms with van der Waals surface area (Å²) in [5.74, 6) is 0.871. The Kier molecular flexibility index (Phi) is 4.68. The van der Waals surface area contributed by atoms with E-state index in [9.17, 15) is 5.11 Å². The first-order valence-corrected chi connectivity index (χ1v) is 7.15. The maximum absolute atomic E-state index is 10.1. The van der Waals surface area contributed by atoms with E-state index < -0.39 is 0 Å². The van der Waals surface area contributed by atoms with Gasteiger partial charge in [-0.15, -0.1) is 0 Å². The molecule has 0 amide bonds. The minimum atomic E-state index is -0.0516. The molecule has 4 nitrogen and oxygen atoms in total. The van der Waals surface area contributed by atoms with Gasteiger partial charge in [0.05, 0.1) is 17.8 Å². The summed E-state index contributed by atoms with van der Waals surface area (Å²) < 4.78 is 5.70. The molecule has 0 saturated carbocycles. The third-order valence-electron chi connectivity index (χ3n) is 3.14. The number of ether oxygens (including phenoxy) is 1. The van der Waals surface area contributed by atoms with Crippen LogP contribution in [0.5, 0.6) is 11.6 Å². The van der Waals surface area contributed by atoms with Gasteiger partial charge in [-0.1, -0.05) is 12.1 Å². The average molecular weight is 286 g/mol. The van der Waals surface area contributed by atoms with E-state index in [1.807, 2.05) is 52.0 Å². The van der Waals surface area contributed by atoms with Crippen molar-refractivity contribution in [3.63, 3.8) is 0 Å². The van der Waals surface area contributed by atoms with Crippen molar-refractivity contribution in [3.8, 4) is 11.6 Å². The second kappa shape index (κ2) is 6.48. The standard InChI is InChI=1S/C17H22N2O2/c1-11(2)21-17-15(6-5-9-18-17)19-13(4)14-8-7-12(3)10-16(14)20/h5-11,13,19-20H,1-4H3. The van der Waals surface area contributed by atoms with E-state index in [0.717, 1.165) is 16.8 Å². The smallest absolute Gasteiger partial charge is 0.237 e. The van der Waals surface area contributed by atoms with Crippen molar-refractivity contribution in [2.24, 2.45) is 0 Å². The van der Waals surface area contributed by atoms with E-state index >= 15 is 0 Å². The molecule has 0 bridgehead atoms. The Balaban J connectivity index is 2.21. The van der Waals surface area contributed by atoms with E-state index in [4.69, 9.17) is 4.74 Å². The zero-order valence-corrected chi connectivity index (χ0v) is 12.9. The summed E-state index contributed by atoms with van der Waals surface area (Å²) in [6, 6.07) is 9.42. The number of nitrogens with zero attached hydrogens (tertiary/aromatic N) is 1. The van der Waals surface area contributed by atoms with E-state index in [1.54, 1.807) is 12.3 Å². The zero-order chi connectivity index (χ0) is 15.4. The molecule has 0 spiro atoms. The van der Waals surface area contributed by atoms with Gasteiger partial charge in [-0.3, -0.25) is 0 Å². The average Bonchev–Trinajstić information content (AvgIpc) is 2.40. The number of rotatable bonds is 5. The van der Waals surface area contributed by atoms with Crippen LogP contribution in [0.25, 0.3) is 0 Å². The lowest BCUT2D eigenvalue weighted by Gasteiger charge is -2.20. The SMILES string of the molecule is Cc1ccc(C(C)Nc2cccnc2OC(C)C)c(O)c1. The van der Waals surface area contributed by atoms with Crippen molar-refractivity contribution in [1.29, 1.82) is 0 Å². The number of aromatic hydroxyl groups is 1. The Bertz CT molecular complexity index is 611. The highest BCUT2D eigenvalue weighted by Gasteiger charge is 2.13. The molecule has 4 heteroatoms. The molecule has 0 aliphatic carbocycles. The molecule has 1 aromatic heterocycles. The molecule has 1 atom stereocenters. The van der Waals surface area contributed by atoms with E-state index in [-0.39, 0.29) is 12.1 Å². The first-order chi connectivity index (χ1) is 9.97. The van der Waals surface area contributed by atoms with Crippen molar-refractivity contribution < 1.29 is 9.84 Å². The van der Waals surface area contributed by atoms with Gasteiger partial charge in [-0.2, -0.15) is 0 Å². The monoisotopic (exact) mass is 286 g/mol. The number of hydrogen-bond donors (Lipinski definition) is 2. The maximum atomic E-state index is 10.1. The fourth-order valence-electron chi connectivity index (χ4n) is 2.15. The summed E-state index contributed by atoms with van der Waals surface area (Å²) in [5, 5.41) is 13.4. The van der Waals surface area contributed by atoms with Gasteiger partial charge in [0.1, 0.15) is 5.75 Å². The van der Waals surface area contributed by atoms with Crippen molar-refractivity contribution >= 4 is 5.69 Å². The number of pyridine rings is 1. The van der Waals surface area contributed by atoms with Crippen LogP contribution in [0.2, 0.25) is 0 Å². The van der Waals surface area contributed by atoms with Gasteiger partial charge < -0.3 is 15.2 Å². The minimum absolute atomic E-state index is 0.0516. The lowest BCUT2D eigenvalue weighted by molar-refractivity contribution is 0.234. The van der Waals surface area contributed by atoms with Crippen LogP contribution in [0.15, 0.2) is 36.5 Å². The summed E-state index contributed by atoms with van der Waals surface area (Å²) in [4.78, 5) is 4.25. The van der Waals surface area contributed by atoms with Gasteiger partial charge in [0, 0.05) is 11.8 Å². The van der Waals surface area contributed by atoms with E-state index in [2.05, 4.69) is 10.3 Å². The fourth-order valence-corrected chi connectivity index (χ4v) is 2.15. The molecule has 0 radical (unpaired) electrons. The minimum Gasteiger partial charge on any atom is -0.508 e. The molecule has 2 N–H and O–H groups in total. The van der Waals surface area contributed by atoms with Crippen LogP contribution < -0.4 is 10.1 Å². The van der Waals surface area contributed by atoms with Gasteiger partial charge in [0.15, 0.2) is 0 Å². The Morgan fingerprint density at radius 3 is 2.62 bits per heavy atom. The Morgan fingerprint density at radius 2 is 1.95 bits per heavy atom. The van der Waals surface area contributed by atoms with Crippen molar-refractivity contribution in [3.05, 3.63) is 47.7 Å². The molecule has 2 aromatic rings. The molecule has 0 aliphatic rings. The number of benzene rings is 1. The summed E-state index contributed by atoms with van der Waals surface area (Å²) in [7, 11) is 0. The van der Waals surface area contributed by atoms with Crippen LogP contribution in [-0.4, -0.2) is 16.2 Å². The second-order valence-corrected chi connectivity index (χ2v) is 5.45. The van der Waals surface area contributed by atoms with Crippen molar-refractivity contribution in [2.45, 2.75) is 39.8 Å². The highest BCUT2D eigenvalue weighted by atomic mass is 16.5. The Hall–Kier alpha value is -2.23. The van der Waals surface area contributed by atoms with Gasteiger partial charge in [0.25, 0.3) is 0 Å². The Morgan fingerprint density at radius 1 is 1.19 bits per heavy atom. The molecule has 1 aromatic carbocycles. The molecule has 112 valence electrons. The second-order valence-electron chi connectivity index (χ2n) is 5.45. The highest BCUT2D eigenvalue weighted by molar-refractivity contribution is 5.54. The zero-order valence-electron chi connectivity index (χ0n) is 12.9. The van der Waals surface area contributed by atoms with Crippen molar-refractivity contribution in [1.82, 2.24) is 4.98 Å². The van der Waals surface area contributed by atoms with Crippen LogP contribution in [0.1, 0.15) is 37.9 Å². The van der Waals surface area contributed by atoms with Gasteiger partial charge in [0.2, 0.25) is 5.88 Å². The van der Waals surface area contributed by atoms with E-state index in [1.165, 1.54) is 0 Å². The summed E-state index contributed by atoms with van der Waals surface area (Å²) in [6.45, 7) is 7.88. The van der Waals surface area contributed by atoms with E-state index in [0.29, 0.717) is 11.6 Å². The molecule has 1 heterocycles. The number of hydrogen-bond acceptors (Lipinski definition) is 4. The number of phenolic OH excluding ortho intramolecular Hbond substituents is 1. The van der Waals surface area contributed by atoms with Crippen LogP contribution in [0.4, 0.5) is 5.69 Å². The van der Waals surface area contributed by atoms with Gasteiger partial charge in [-0.05, 0) is 51.5 Å². The van der Waals surface area contributed by atoms with Crippen LogP contribution in [-0.2, 0) is 0 Å². The third-order valence-corrected chi connectivity index (χ3v) is 3.14. The predicted octanol–water partition coefficient (Wildman–Crippen LogP) is 4.06. The topological polar surface area (TPSA) is 54.4 Å². The summed E-state index contributed by atoms with van der Waals surface area (Å²) in [6.07, 6.45) is 1.76. The summed E-state index contributed by atoms with van der Waals surface area (Å²) in [5.41, 5.74) is 2.70. The largest absolute Gasteiger partial charge is 0.508 e. The number of aromatic nitrogens is 1. The van der Waals surface area contributed by atoms with Gasteiger partial charge >= 0.3 is 0 Å². The lowest BCUT2D eigenvalue weighted by atomic mass is 10.0. The van der Waals surface area contributed by atoms with Crippen LogP contribution in [0, 0.1) is 6.92 Å². The normalized spacial score (nSPS) is 12.2. The quantitative estimate of drug-likeness (QED) is 0.870. The molecule has 2 rings (SSSR count). The Labute approximate surface area is 125 Å². The number of aryl methyl sites for hydroxylation is 1. The molecule has 21 heavy (non-hydrogen) atoms. The van der Waals surface area contributed by atoms with Crippen LogP contribution >= 0.6 is 0 Å². The molecule has 0 aliphatic heterocycles. The number of anilines is 1. The fraction of sp³-hybridized carbons (Fsp3) is 0.353. The first kappa shape index (κ1) is 15.2.